The van der Waals surface area contributed by atoms with Gasteiger partial charge in [-0.15, -0.1) is 0 Å². The Hall–Kier alpha value is -2.54. The van der Waals surface area contributed by atoms with E-state index >= 15 is 0 Å². The maximum Gasteiger partial charge on any atom is 0.327 e. The van der Waals surface area contributed by atoms with Gasteiger partial charge in [-0.2, -0.15) is 4.98 Å². The molecule has 4 rings (SSSR count). The number of rotatable bonds is 4. The Labute approximate surface area is 158 Å². The molecule has 1 unspecified atom stereocenters. The fourth-order valence-electron chi connectivity index (χ4n) is 2.67. The summed E-state index contributed by atoms with van der Waals surface area (Å²) < 4.78 is 18.5. The van der Waals surface area contributed by atoms with Crippen LogP contribution in [0.5, 0.6) is 5.75 Å². The maximum atomic E-state index is 13.2. The fourth-order valence-corrected chi connectivity index (χ4v) is 4.10. The number of nitrogens with zero attached hydrogens (tertiary/aromatic N) is 2. The van der Waals surface area contributed by atoms with Gasteiger partial charge in [0.05, 0.1) is 40.6 Å². The zero-order valence-electron chi connectivity index (χ0n) is 13.8. The number of nitrogens with one attached hydrogen (secondary N) is 1. The topological polar surface area (TPSA) is 73.9 Å². The van der Waals surface area contributed by atoms with Crippen LogP contribution in [0.15, 0.2) is 70.8 Å². The Morgan fingerprint density at radius 2 is 1.96 bits per heavy atom. The van der Waals surface area contributed by atoms with E-state index in [9.17, 15) is 4.55 Å². The van der Waals surface area contributed by atoms with Gasteiger partial charge in [-0.05, 0) is 30.3 Å². The SMILES string of the molecule is COc1ccnc(-c2ccc(Cl)cc2[S+]([O-])c2nc3ccccc3[nH]2)c1. The summed E-state index contributed by atoms with van der Waals surface area (Å²) in [6.45, 7) is 0. The van der Waals surface area contributed by atoms with Gasteiger partial charge in [0.15, 0.2) is 4.90 Å². The summed E-state index contributed by atoms with van der Waals surface area (Å²) in [6, 6.07) is 16.3. The van der Waals surface area contributed by atoms with Crippen LogP contribution in [0.4, 0.5) is 0 Å². The van der Waals surface area contributed by atoms with Crippen molar-refractivity contribution in [3.8, 4) is 17.0 Å². The molecule has 0 saturated carbocycles. The smallest absolute Gasteiger partial charge is 0.327 e. The molecule has 2 aromatic heterocycles. The van der Waals surface area contributed by atoms with Gasteiger partial charge >= 0.3 is 5.16 Å². The molecule has 0 aliphatic heterocycles. The van der Waals surface area contributed by atoms with Crippen LogP contribution in [0.25, 0.3) is 22.3 Å². The number of hydrogen-bond acceptors (Lipinski definition) is 4. The Kier molecular flexibility index (Phi) is 4.55. The van der Waals surface area contributed by atoms with Gasteiger partial charge in [0, 0.05) is 23.4 Å². The molecule has 0 bridgehead atoms. The van der Waals surface area contributed by atoms with Crippen molar-refractivity contribution in [1.82, 2.24) is 15.0 Å². The molecule has 2 aromatic carbocycles. The number of imidazole rings is 1. The minimum Gasteiger partial charge on any atom is -0.604 e. The number of benzene rings is 2. The second-order valence-electron chi connectivity index (χ2n) is 5.55. The number of fused-ring (bicyclic) bond motifs is 1. The van der Waals surface area contributed by atoms with Crippen LogP contribution in [0.3, 0.4) is 0 Å². The molecule has 0 aliphatic rings. The molecule has 5 nitrogen and oxygen atoms in total. The number of ether oxygens (including phenoxy) is 1. The highest BCUT2D eigenvalue weighted by Gasteiger charge is 2.25. The van der Waals surface area contributed by atoms with Crippen LogP contribution in [0, 0.1) is 0 Å². The van der Waals surface area contributed by atoms with Gasteiger partial charge in [-0.1, -0.05) is 23.7 Å². The summed E-state index contributed by atoms with van der Waals surface area (Å²) >= 11 is 4.62. The first-order valence-electron chi connectivity index (χ1n) is 7.82. The van der Waals surface area contributed by atoms with Crippen molar-refractivity contribution in [2.24, 2.45) is 0 Å². The van der Waals surface area contributed by atoms with Gasteiger partial charge < -0.3 is 9.29 Å². The third-order valence-corrected chi connectivity index (χ3v) is 5.45. The van der Waals surface area contributed by atoms with E-state index in [0.29, 0.717) is 32.1 Å². The first-order valence-corrected chi connectivity index (χ1v) is 9.35. The summed E-state index contributed by atoms with van der Waals surface area (Å²) in [5, 5.41) is 0.869. The third kappa shape index (κ3) is 3.14. The molecule has 130 valence electrons. The summed E-state index contributed by atoms with van der Waals surface area (Å²) in [7, 11) is 1.59. The quantitative estimate of drug-likeness (QED) is 0.528. The lowest BCUT2D eigenvalue weighted by Gasteiger charge is -2.12. The number of H-pyrrole nitrogens is 1. The molecular formula is C19H14ClN3O2S. The second kappa shape index (κ2) is 6.99. The molecule has 0 saturated heterocycles. The van der Waals surface area contributed by atoms with Crippen LogP contribution in [-0.4, -0.2) is 26.6 Å². The fraction of sp³-hybridized carbons (Fsp3) is 0.0526. The molecule has 4 aromatic rings. The van der Waals surface area contributed by atoms with Crippen LogP contribution in [-0.2, 0) is 11.2 Å². The van der Waals surface area contributed by atoms with Crippen molar-refractivity contribution in [3.05, 3.63) is 65.8 Å². The van der Waals surface area contributed by atoms with Crippen LogP contribution in [0.1, 0.15) is 0 Å². The van der Waals surface area contributed by atoms with E-state index in [1.807, 2.05) is 24.3 Å². The van der Waals surface area contributed by atoms with E-state index in [1.165, 1.54) is 0 Å². The van der Waals surface area contributed by atoms with E-state index in [4.69, 9.17) is 16.3 Å². The number of pyridine rings is 1. The highest BCUT2D eigenvalue weighted by Crippen LogP contribution is 2.33. The predicted octanol–water partition coefficient (Wildman–Crippen LogP) is 4.45. The van der Waals surface area contributed by atoms with E-state index in [1.54, 1.807) is 43.6 Å². The third-order valence-electron chi connectivity index (χ3n) is 3.93. The van der Waals surface area contributed by atoms with E-state index < -0.39 is 11.2 Å². The van der Waals surface area contributed by atoms with Crippen molar-refractivity contribution in [1.29, 1.82) is 0 Å². The van der Waals surface area contributed by atoms with Gasteiger partial charge in [-0.3, -0.25) is 9.97 Å². The van der Waals surface area contributed by atoms with E-state index in [0.717, 1.165) is 11.0 Å². The summed E-state index contributed by atoms with van der Waals surface area (Å²) in [4.78, 5) is 12.5. The number of hydrogen-bond donors (Lipinski definition) is 1. The zero-order chi connectivity index (χ0) is 18.1. The minimum atomic E-state index is -1.54. The lowest BCUT2D eigenvalue weighted by atomic mass is 10.1. The Balaban J connectivity index is 1.83. The lowest BCUT2D eigenvalue weighted by Crippen LogP contribution is -2.06. The molecule has 0 amide bonds. The molecule has 7 heteroatoms. The van der Waals surface area contributed by atoms with Gasteiger partial charge in [0.1, 0.15) is 5.75 Å². The molecule has 0 aliphatic carbocycles. The normalized spacial score (nSPS) is 12.3. The molecular weight excluding hydrogens is 370 g/mol. The molecule has 0 radical (unpaired) electrons. The van der Waals surface area contributed by atoms with Crippen LogP contribution in [0.2, 0.25) is 5.02 Å². The molecule has 1 N–H and O–H groups in total. The summed E-state index contributed by atoms with van der Waals surface area (Å²) in [5.41, 5.74) is 2.96. The second-order valence-corrected chi connectivity index (χ2v) is 7.35. The first kappa shape index (κ1) is 16.9. The highest BCUT2D eigenvalue weighted by atomic mass is 35.5. The number of para-hydroxylation sites is 2. The van der Waals surface area contributed by atoms with Crippen molar-refractivity contribution in [3.63, 3.8) is 0 Å². The average Bonchev–Trinajstić information content (AvgIpc) is 3.11. The minimum absolute atomic E-state index is 0.373. The summed E-state index contributed by atoms with van der Waals surface area (Å²) in [6.07, 6.45) is 1.65. The average molecular weight is 384 g/mol. The first-order chi connectivity index (χ1) is 12.7. The van der Waals surface area contributed by atoms with Crippen molar-refractivity contribution in [2.45, 2.75) is 10.1 Å². The van der Waals surface area contributed by atoms with Crippen LogP contribution < -0.4 is 4.74 Å². The molecule has 26 heavy (non-hydrogen) atoms. The standard InChI is InChI=1S/C19H14ClN3O2S/c1-25-13-8-9-21-17(11-13)14-7-6-12(20)10-18(14)26(24)19-22-15-4-2-3-5-16(15)23-19/h2-11H,1H3,(H,22,23). The summed E-state index contributed by atoms with van der Waals surface area (Å²) in [5.74, 6) is 0.672. The van der Waals surface area contributed by atoms with Crippen molar-refractivity contribution in [2.75, 3.05) is 7.11 Å². The van der Waals surface area contributed by atoms with E-state index in [-0.39, 0.29) is 0 Å². The van der Waals surface area contributed by atoms with Gasteiger partial charge in [0.2, 0.25) is 0 Å². The highest BCUT2D eigenvalue weighted by molar-refractivity contribution is 7.91. The Morgan fingerprint density at radius 1 is 1.12 bits per heavy atom. The number of methoxy groups -OCH3 is 1. The van der Waals surface area contributed by atoms with Crippen LogP contribution >= 0.6 is 11.6 Å². The lowest BCUT2D eigenvalue weighted by molar-refractivity contribution is 0.414. The Bertz CT molecular complexity index is 1050. The van der Waals surface area contributed by atoms with Gasteiger partial charge in [-0.25, -0.2) is 0 Å². The molecule has 0 fully saturated rings. The number of aromatic nitrogens is 3. The maximum absolute atomic E-state index is 13.2. The number of halogens is 1. The Morgan fingerprint density at radius 3 is 2.77 bits per heavy atom. The van der Waals surface area contributed by atoms with Gasteiger partial charge in [0.25, 0.3) is 0 Å². The molecule has 2 heterocycles. The van der Waals surface area contributed by atoms with Crippen molar-refractivity contribution >= 4 is 33.8 Å². The number of aromatic amines is 1. The monoisotopic (exact) mass is 383 g/mol. The molecule has 0 spiro atoms. The predicted molar refractivity (Wildman–Crippen MR) is 102 cm³/mol. The molecule has 1 atom stereocenters. The van der Waals surface area contributed by atoms with E-state index in [2.05, 4.69) is 15.0 Å². The van der Waals surface area contributed by atoms with Crippen molar-refractivity contribution < 1.29 is 9.29 Å². The largest absolute Gasteiger partial charge is 0.604 e. The zero-order valence-corrected chi connectivity index (χ0v) is 15.3.